The number of H-pyrrole nitrogens is 1. The van der Waals surface area contributed by atoms with Crippen molar-refractivity contribution in [3.63, 3.8) is 0 Å². The van der Waals surface area contributed by atoms with Crippen LogP contribution in [0.25, 0.3) is 0 Å². The number of aryl methyl sites for hydroxylation is 1. The van der Waals surface area contributed by atoms with Crippen molar-refractivity contribution in [1.82, 2.24) is 20.8 Å². The monoisotopic (exact) mass is 329 g/mol. The summed E-state index contributed by atoms with van der Waals surface area (Å²) in [6.07, 6.45) is 4.68. The van der Waals surface area contributed by atoms with Crippen LogP contribution in [0.4, 0.5) is 0 Å². The van der Waals surface area contributed by atoms with Crippen molar-refractivity contribution < 1.29 is 9.59 Å². The Bertz CT molecular complexity index is 517. The molecule has 1 aliphatic rings. The Morgan fingerprint density at radius 1 is 1.50 bits per heavy atom. The topological polar surface area (TPSA) is 113 Å². The molecule has 1 heterocycles. The highest BCUT2D eigenvalue weighted by Gasteiger charge is 2.24. The standard InChI is InChI=1S/C14H23N5O2.ClH/c1-8(2)12(15)14(21)16-7-11(20)18-10-5-3-4-9-6-17-19-13(9)10;/h6,8,10,12H,3-5,7,15H2,1-2H3,(H,16,21)(H,17,19)(H,18,20);1H/t10?,12-;/m0./s1. The van der Waals surface area contributed by atoms with Gasteiger partial charge >= 0.3 is 0 Å². The lowest BCUT2D eigenvalue weighted by Crippen LogP contribution is -2.47. The molecule has 22 heavy (non-hydrogen) atoms. The molecule has 0 aromatic carbocycles. The Morgan fingerprint density at radius 2 is 2.23 bits per heavy atom. The van der Waals surface area contributed by atoms with Crippen LogP contribution in [0.5, 0.6) is 0 Å². The molecule has 1 unspecified atom stereocenters. The van der Waals surface area contributed by atoms with Crippen molar-refractivity contribution in [1.29, 1.82) is 0 Å². The van der Waals surface area contributed by atoms with Gasteiger partial charge in [-0.2, -0.15) is 5.10 Å². The molecule has 0 fully saturated rings. The third-order valence-electron chi connectivity index (χ3n) is 3.82. The van der Waals surface area contributed by atoms with E-state index in [1.54, 1.807) is 6.20 Å². The molecule has 0 saturated carbocycles. The Balaban J connectivity index is 0.00000242. The van der Waals surface area contributed by atoms with E-state index in [1.807, 2.05) is 13.8 Å². The molecule has 0 aliphatic heterocycles. The predicted molar refractivity (Wildman–Crippen MR) is 85.5 cm³/mol. The van der Waals surface area contributed by atoms with Crippen LogP contribution < -0.4 is 16.4 Å². The number of carbonyl (C=O) groups excluding carboxylic acids is 2. The van der Waals surface area contributed by atoms with Crippen LogP contribution >= 0.6 is 12.4 Å². The first-order chi connectivity index (χ1) is 9.99. The number of nitrogens with zero attached hydrogens (tertiary/aromatic N) is 1. The molecule has 2 amide bonds. The summed E-state index contributed by atoms with van der Waals surface area (Å²) in [6.45, 7) is 3.68. The molecule has 1 aliphatic carbocycles. The van der Waals surface area contributed by atoms with Crippen molar-refractivity contribution in [2.24, 2.45) is 11.7 Å². The molecule has 2 atom stereocenters. The first kappa shape index (κ1) is 18.4. The Morgan fingerprint density at radius 3 is 2.91 bits per heavy atom. The second-order valence-corrected chi connectivity index (χ2v) is 5.81. The summed E-state index contributed by atoms with van der Waals surface area (Å²) in [5.41, 5.74) is 7.85. The third kappa shape index (κ3) is 4.45. The average molecular weight is 330 g/mol. The van der Waals surface area contributed by atoms with E-state index in [9.17, 15) is 9.59 Å². The number of nitrogens with one attached hydrogen (secondary N) is 3. The van der Waals surface area contributed by atoms with E-state index in [2.05, 4.69) is 20.8 Å². The lowest BCUT2D eigenvalue weighted by atomic mass is 9.94. The predicted octanol–water partition coefficient (Wildman–Crippen LogP) is 0.425. The molecule has 1 aromatic heterocycles. The van der Waals surface area contributed by atoms with E-state index in [-0.39, 0.29) is 42.7 Å². The van der Waals surface area contributed by atoms with Crippen LogP contribution in [-0.2, 0) is 16.0 Å². The molecule has 1 aromatic rings. The van der Waals surface area contributed by atoms with Crippen molar-refractivity contribution in [2.75, 3.05) is 6.54 Å². The highest BCUT2D eigenvalue weighted by Crippen LogP contribution is 2.27. The van der Waals surface area contributed by atoms with Crippen LogP contribution in [0.3, 0.4) is 0 Å². The summed E-state index contributed by atoms with van der Waals surface area (Å²) < 4.78 is 0. The highest BCUT2D eigenvalue weighted by atomic mass is 35.5. The molecular formula is C14H24ClN5O2. The van der Waals surface area contributed by atoms with Gasteiger partial charge in [0, 0.05) is 0 Å². The van der Waals surface area contributed by atoms with Gasteiger partial charge < -0.3 is 16.4 Å². The van der Waals surface area contributed by atoms with Crippen LogP contribution in [0.15, 0.2) is 6.20 Å². The Hall–Kier alpha value is -1.60. The molecule has 2 rings (SSSR count). The fraction of sp³-hybridized carbons (Fsp3) is 0.643. The molecule has 5 N–H and O–H groups in total. The molecule has 124 valence electrons. The lowest BCUT2D eigenvalue weighted by molar-refractivity contribution is -0.127. The number of fused-ring (bicyclic) bond motifs is 1. The number of hydrogen-bond acceptors (Lipinski definition) is 4. The van der Waals surface area contributed by atoms with E-state index in [0.717, 1.165) is 30.5 Å². The maximum atomic E-state index is 11.9. The molecular weight excluding hydrogens is 306 g/mol. The van der Waals surface area contributed by atoms with Gasteiger partial charge in [-0.1, -0.05) is 13.8 Å². The number of hydrogen-bond donors (Lipinski definition) is 4. The van der Waals surface area contributed by atoms with Crippen LogP contribution in [0.2, 0.25) is 0 Å². The number of amides is 2. The summed E-state index contributed by atoms with van der Waals surface area (Å²) in [7, 11) is 0. The maximum absolute atomic E-state index is 11.9. The smallest absolute Gasteiger partial charge is 0.239 e. The first-order valence-corrected chi connectivity index (χ1v) is 7.34. The van der Waals surface area contributed by atoms with Gasteiger partial charge in [0.05, 0.1) is 30.5 Å². The molecule has 8 heteroatoms. The van der Waals surface area contributed by atoms with Gasteiger partial charge in [-0.3, -0.25) is 14.7 Å². The van der Waals surface area contributed by atoms with E-state index in [4.69, 9.17) is 5.73 Å². The summed E-state index contributed by atoms with van der Waals surface area (Å²) in [6, 6.07) is -0.647. The first-order valence-electron chi connectivity index (χ1n) is 7.34. The zero-order valence-electron chi connectivity index (χ0n) is 12.9. The van der Waals surface area contributed by atoms with Crippen molar-refractivity contribution in [3.05, 3.63) is 17.5 Å². The van der Waals surface area contributed by atoms with Gasteiger partial charge in [0.2, 0.25) is 11.8 Å². The summed E-state index contributed by atoms with van der Waals surface area (Å²) in [4.78, 5) is 23.6. The zero-order valence-corrected chi connectivity index (χ0v) is 13.7. The minimum atomic E-state index is -0.591. The Kier molecular flexibility index (Phi) is 6.83. The van der Waals surface area contributed by atoms with Crippen LogP contribution in [0, 0.1) is 5.92 Å². The minimum absolute atomic E-state index is 0. The zero-order chi connectivity index (χ0) is 15.4. The van der Waals surface area contributed by atoms with Crippen LogP contribution in [-0.4, -0.2) is 34.6 Å². The van der Waals surface area contributed by atoms with E-state index >= 15 is 0 Å². The molecule has 0 spiro atoms. The van der Waals surface area contributed by atoms with Gasteiger partial charge in [0.15, 0.2) is 0 Å². The quantitative estimate of drug-likeness (QED) is 0.627. The molecule has 7 nitrogen and oxygen atoms in total. The second-order valence-electron chi connectivity index (χ2n) is 5.81. The fourth-order valence-electron chi connectivity index (χ4n) is 2.44. The maximum Gasteiger partial charge on any atom is 0.239 e. The number of aromatic nitrogens is 2. The van der Waals surface area contributed by atoms with Gasteiger partial charge in [0.1, 0.15) is 0 Å². The summed E-state index contributed by atoms with van der Waals surface area (Å²) in [5.74, 6) is -0.475. The normalized spacial score (nSPS) is 18.1. The lowest BCUT2D eigenvalue weighted by Gasteiger charge is -2.23. The summed E-state index contributed by atoms with van der Waals surface area (Å²) >= 11 is 0. The number of nitrogens with two attached hydrogens (primary N) is 1. The average Bonchev–Trinajstić information content (AvgIpc) is 2.93. The highest BCUT2D eigenvalue weighted by molar-refractivity contribution is 5.87. The van der Waals surface area contributed by atoms with E-state index in [0.29, 0.717) is 0 Å². The Labute approximate surface area is 136 Å². The van der Waals surface area contributed by atoms with Crippen molar-refractivity contribution in [3.8, 4) is 0 Å². The summed E-state index contributed by atoms with van der Waals surface area (Å²) in [5, 5.41) is 12.4. The SMILES string of the molecule is CC(C)[C@H](N)C(=O)NCC(=O)NC1CCCc2cn[nH]c21.Cl. The van der Waals surface area contributed by atoms with E-state index in [1.165, 1.54) is 0 Å². The third-order valence-corrected chi connectivity index (χ3v) is 3.82. The minimum Gasteiger partial charge on any atom is -0.346 e. The van der Waals surface area contributed by atoms with Gasteiger partial charge in [-0.15, -0.1) is 12.4 Å². The van der Waals surface area contributed by atoms with Gasteiger partial charge in [-0.25, -0.2) is 0 Å². The van der Waals surface area contributed by atoms with Gasteiger partial charge in [0.25, 0.3) is 0 Å². The molecule has 0 saturated heterocycles. The van der Waals surface area contributed by atoms with E-state index < -0.39 is 6.04 Å². The van der Waals surface area contributed by atoms with Crippen molar-refractivity contribution >= 4 is 24.2 Å². The number of carbonyl (C=O) groups is 2. The molecule has 0 bridgehead atoms. The number of halogens is 1. The number of rotatable bonds is 5. The largest absolute Gasteiger partial charge is 0.346 e. The molecule has 0 radical (unpaired) electrons. The van der Waals surface area contributed by atoms with Crippen molar-refractivity contribution in [2.45, 2.75) is 45.2 Å². The number of aromatic amines is 1. The van der Waals surface area contributed by atoms with Crippen LogP contribution in [0.1, 0.15) is 44.0 Å². The fourth-order valence-corrected chi connectivity index (χ4v) is 2.44. The van der Waals surface area contributed by atoms with Gasteiger partial charge in [-0.05, 0) is 30.7 Å². The second kappa shape index (κ2) is 8.14.